The minimum Gasteiger partial charge on any atom is -0.502 e. The molecule has 0 fully saturated rings. The van der Waals surface area contributed by atoms with Crippen molar-refractivity contribution < 1.29 is 27.5 Å². The number of amides is 1. The monoisotopic (exact) mass is 519 g/mol. The Hall–Kier alpha value is -3.47. The fourth-order valence-electron chi connectivity index (χ4n) is 4.60. The molecule has 1 amide bonds. The van der Waals surface area contributed by atoms with Crippen LogP contribution in [0.5, 0.6) is 5.75 Å². The fourth-order valence-corrected chi connectivity index (χ4v) is 5.70. The van der Waals surface area contributed by atoms with Crippen LogP contribution in [0.1, 0.15) is 40.1 Å². The summed E-state index contributed by atoms with van der Waals surface area (Å²) in [5.74, 6) is -3.55. The van der Waals surface area contributed by atoms with Gasteiger partial charge < -0.3 is 10.0 Å². The van der Waals surface area contributed by atoms with Crippen LogP contribution in [-0.2, 0) is 5.75 Å². The van der Waals surface area contributed by atoms with Gasteiger partial charge in [0.05, 0.1) is 12.0 Å². The highest BCUT2D eigenvalue weighted by atomic mass is 32.2. The summed E-state index contributed by atoms with van der Waals surface area (Å²) in [6.45, 7) is 0.00108. The summed E-state index contributed by atoms with van der Waals surface area (Å²) in [5, 5.41) is 12.1. The smallest absolute Gasteiger partial charge is 0.393 e. The summed E-state index contributed by atoms with van der Waals surface area (Å²) < 4.78 is 56.0. The number of rotatable bonds is 3. The molecule has 2 aliphatic rings. The first kappa shape index (κ1) is 24.2. The van der Waals surface area contributed by atoms with Crippen molar-refractivity contribution in [1.29, 1.82) is 0 Å². The Balaban J connectivity index is 1.73. The van der Waals surface area contributed by atoms with E-state index in [9.17, 15) is 32.3 Å². The number of hydrogen-bond donors (Lipinski definition) is 1. The summed E-state index contributed by atoms with van der Waals surface area (Å²) in [5.41, 5.74) is 0.893. The molecule has 3 aromatic rings. The Labute approximate surface area is 207 Å². The van der Waals surface area contributed by atoms with E-state index in [1.165, 1.54) is 23.0 Å². The van der Waals surface area contributed by atoms with E-state index in [0.29, 0.717) is 11.3 Å². The van der Waals surface area contributed by atoms with Gasteiger partial charge in [-0.3, -0.25) is 19.3 Å². The van der Waals surface area contributed by atoms with E-state index >= 15 is 0 Å². The number of carbonyl (C=O) groups excluding carboxylic acids is 1. The maximum Gasteiger partial charge on any atom is 0.393 e. The molecule has 0 saturated heterocycles. The van der Waals surface area contributed by atoms with E-state index in [4.69, 9.17) is 0 Å². The standard InChI is InChI=1S/C25H21F4N3O3S/c1-14(25(27,28)29)11-30-13-32(31-9-8-19(33)23(34)22(31)24(30)35)21-17-4-2-3-5-20(17)36-12-15-6-7-16(26)10-18(15)21/h2-10,14,21,34H,11-13H2,1H3/t14-,21-/m0/s1. The van der Waals surface area contributed by atoms with E-state index in [2.05, 4.69) is 0 Å². The van der Waals surface area contributed by atoms with Crippen LogP contribution in [0, 0.1) is 11.7 Å². The molecule has 0 saturated carbocycles. The Morgan fingerprint density at radius 3 is 2.61 bits per heavy atom. The molecule has 2 atom stereocenters. The number of hydrogen-bond acceptors (Lipinski definition) is 5. The zero-order valence-corrected chi connectivity index (χ0v) is 19.8. The predicted octanol–water partition coefficient (Wildman–Crippen LogP) is 4.64. The maximum absolute atomic E-state index is 14.5. The molecular formula is C25H21F4N3O3S. The number of thioether (sulfide) groups is 1. The number of aromatic nitrogens is 1. The van der Waals surface area contributed by atoms with Gasteiger partial charge in [0.1, 0.15) is 12.5 Å². The second-order valence-electron chi connectivity index (χ2n) is 8.85. The molecule has 1 N–H and O–H groups in total. The zero-order valence-electron chi connectivity index (χ0n) is 19.0. The van der Waals surface area contributed by atoms with Crippen LogP contribution in [0.25, 0.3) is 0 Å². The van der Waals surface area contributed by atoms with Crippen molar-refractivity contribution in [1.82, 2.24) is 9.58 Å². The molecule has 0 spiro atoms. The number of halogens is 4. The van der Waals surface area contributed by atoms with Crippen molar-refractivity contribution in [3.05, 3.63) is 93.2 Å². The topological polar surface area (TPSA) is 65.8 Å². The quantitative estimate of drug-likeness (QED) is 0.511. The number of pyridine rings is 1. The van der Waals surface area contributed by atoms with Gasteiger partial charge in [0, 0.05) is 29.5 Å². The van der Waals surface area contributed by atoms with Crippen LogP contribution in [0.2, 0.25) is 0 Å². The lowest BCUT2D eigenvalue weighted by atomic mass is 9.94. The third kappa shape index (κ3) is 4.11. The highest BCUT2D eigenvalue weighted by Gasteiger charge is 2.43. The lowest BCUT2D eigenvalue weighted by molar-refractivity contribution is -0.172. The van der Waals surface area contributed by atoms with E-state index in [0.717, 1.165) is 33.9 Å². The molecule has 1 aromatic heterocycles. The molecule has 2 aromatic carbocycles. The summed E-state index contributed by atoms with van der Waals surface area (Å²) in [6.07, 6.45) is -3.25. The second kappa shape index (κ2) is 8.88. The summed E-state index contributed by atoms with van der Waals surface area (Å²) in [4.78, 5) is 27.3. The average Bonchev–Trinajstić information content (AvgIpc) is 2.98. The number of nitrogens with zero attached hydrogens (tertiary/aromatic N) is 3. The second-order valence-corrected chi connectivity index (χ2v) is 9.86. The van der Waals surface area contributed by atoms with Gasteiger partial charge in [-0.05, 0) is 34.9 Å². The molecule has 0 unspecified atom stereocenters. The first-order chi connectivity index (χ1) is 17.1. The van der Waals surface area contributed by atoms with Gasteiger partial charge in [-0.25, -0.2) is 4.39 Å². The minimum absolute atomic E-state index is 0.284. The molecule has 11 heteroatoms. The molecule has 188 valence electrons. The third-order valence-corrected chi connectivity index (χ3v) is 7.62. The predicted molar refractivity (Wildman–Crippen MR) is 126 cm³/mol. The first-order valence-electron chi connectivity index (χ1n) is 11.1. The fraction of sp³-hybridized carbons (Fsp3) is 0.280. The normalized spacial score (nSPS) is 18.2. The van der Waals surface area contributed by atoms with Gasteiger partial charge in [0.15, 0.2) is 11.4 Å². The number of aromatic hydroxyl groups is 1. The number of fused-ring (bicyclic) bond motifs is 3. The molecule has 6 nitrogen and oxygen atoms in total. The molecule has 5 rings (SSSR count). The summed E-state index contributed by atoms with van der Waals surface area (Å²) in [7, 11) is 0. The highest BCUT2D eigenvalue weighted by molar-refractivity contribution is 7.98. The van der Waals surface area contributed by atoms with Crippen molar-refractivity contribution in [2.24, 2.45) is 5.92 Å². The zero-order chi connectivity index (χ0) is 25.8. The van der Waals surface area contributed by atoms with E-state index in [-0.39, 0.29) is 6.67 Å². The molecule has 36 heavy (non-hydrogen) atoms. The van der Waals surface area contributed by atoms with Crippen LogP contribution >= 0.6 is 11.8 Å². The van der Waals surface area contributed by atoms with E-state index in [1.54, 1.807) is 28.9 Å². The largest absolute Gasteiger partial charge is 0.502 e. The lowest BCUT2D eigenvalue weighted by Crippen LogP contribution is -2.57. The molecular weight excluding hydrogens is 498 g/mol. The van der Waals surface area contributed by atoms with Gasteiger partial charge in [0.25, 0.3) is 5.91 Å². The van der Waals surface area contributed by atoms with Crippen molar-refractivity contribution in [3.8, 4) is 5.75 Å². The van der Waals surface area contributed by atoms with E-state index in [1.807, 2.05) is 18.2 Å². The van der Waals surface area contributed by atoms with Crippen molar-refractivity contribution in [3.63, 3.8) is 0 Å². The van der Waals surface area contributed by atoms with Crippen LogP contribution in [0.4, 0.5) is 17.6 Å². The third-order valence-electron chi connectivity index (χ3n) is 6.49. The summed E-state index contributed by atoms with van der Waals surface area (Å²) in [6, 6.07) is 12.2. The maximum atomic E-state index is 14.5. The van der Waals surface area contributed by atoms with Crippen molar-refractivity contribution in [2.45, 2.75) is 29.8 Å². The van der Waals surface area contributed by atoms with Crippen molar-refractivity contribution in [2.75, 3.05) is 18.2 Å². The van der Waals surface area contributed by atoms with Crippen molar-refractivity contribution >= 4 is 17.7 Å². The van der Waals surface area contributed by atoms with Crippen LogP contribution in [0.3, 0.4) is 0 Å². The summed E-state index contributed by atoms with van der Waals surface area (Å²) >= 11 is 1.54. The lowest BCUT2D eigenvalue weighted by Gasteiger charge is -2.44. The molecule has 0 radical (unpaired) electrons. The first-order valence-corrected chi connectivity index (χ1v) is 12.1. The number of benzene rings is 2. The van der Waals surface area contributed by atoms with Crippen LogP contribution in [-0.4, -0.2) is 40.0 Å². The van der Waals surface area contributed by atoms with Gasteiger partial charge in [-0.15, -0.1) is 11.8 Å². The Morgan fingerprint density at radius 1 is 1.11 bits per heavy atom. The molecule has 3 heterocycles. The van der Waals surface area contributed by atoms with Gasteiger partial charge in [-0.2, -0.15) is 13.2 Å². The SMILES string of the molecule is C[C@@H](CN1CN([C@@H]2c3cc(F)ccc3CSc3ccccc32)n2ccc(=O)c(O)c2C1=O)C(F)(F)F. The van der Waals surface area contributed by atoms with Gasteiger partial charge in [0.2, 0.25) is 5.43 Å². The molecule has 0 aliphatic carbocycles. The number of carbonyl (C=O) groups is 1. The molecule has 2 aliphatic heterocycles. The number of alkyl halides is 3. The average molecular weight is 520 g/mol. The van der Waals surface area contributed by atoms with Gasteiger partial charge >= 0.3 is 6.18 Å². The highest BCUT2D eigenvalue weighted by Crippen LogP contribution is 2.43. The van der Waals surface area contributed by atoms with Crippen LogP contribution < -0.4 is 10.4 Å². The van der Waals surface area contributed by atoms with Gasteiger partial charge in [-0.1, -0.05) is 31.2 Å². The Morgan fingerprint density at radius 2 is 1.86 bits per heavy atom. The Kier molecular flexibility index (Phi) is 5.98. The minimum atomic E-state index is -4.55. The Bertz CT molecular complexity index is 1410. The van der Waals surface area contributed by atoms with Crippen LogP contribution in [0.15, 0.2) is 64.4 Å². The van der Waals surface area contributed by atoms with E-state index < -0.39 is 53.3 Å². The molecule has 0 bridgehead atoms.